The highest BCUT2D eigenvalue weighted by Crippen LogP contribution is 2.36. The zero-order valence-electron chi connectivity index (χ0n) is 17.5. The topological polar surface area (TPSA) is 69.5 Å². The number of carbonyl (C=O) groups is 1. The number of ether oxygens (including phenoxy) is 2. The first-order valence-electron chi connectivity index (χ1n) is 10.0. The lowest BCUT2D eigenvalue weighted by Gasteiger charge is -2.20. The first-order chi connectivity index (χ1) is 15.2. The van der Waals surface area contributed by atoms with Gasteiger partial charge in [0.1, 0.15) is 17.0 Å². The zero-order valence-corrected chi connectivity index (χ0v) is 18.3. The molecule has 0 radical (unpaired) electrons. The van der Waals surface area contributed by atoms with Gasteiger partial charge in [-0.3, -0.25) is 9.69 Å². The van der Waals surface area contributed by atoms with Crippen LogP contribution in [0.25, 0.3) is 10.2 Å². The number of rotatable bonds is 9. The van der Waals surface area contributed by atoms with E-state index in [-0.39, 0.29) is 12.5 Å². The Labute approximate surface area is 184 Å². The van der Waals surface area contributed by atoms with E-state index >= 15 is 0 Å². The fraction of sp³-hybridized carbons (Fsp3) is 0.261. The molecule has 0 aliphatic rings. The highest BCUT2D eigenvalue weighted by atomic mass is 32.1. The van der Waals surface area contributed by atoms with Crippen molar-refractivity contribution in [2.45, 2.75) is 19.9 Å². The van der Waals surface area contributed by atoms with Gasteiger partial charge < -0.3 is 14.0 Å². The van der Waals surface area contributed by atoms with Crippen molar-refractivity contribution in [2.24, 2.45) is 0 Å². The van der Waals surface area contributed by atoms with E-state index in [1.807, 2.05) is 60.2 Å². The third kappa shape index (κ3) is 4.86. The number of anilines is 1. The number of nitrogens with zero attached hydrogens (tertiary/aromatic N) is 4. The van der Waals surface area contributed by atoms with Gasteiger partial charge in [0.05, 0.1) is 18.1 Å². The standard InChI is InChI=1S/C23H24N4O3S/c1-17-9-10-19(29-2)21-22(17)31-23(25-21)27(13-6-12-26-14-11-24-16-26)20(28)15-30-18-7-4-3-5-8-18/h3-5,7-11,14,16H,6,12-13,15H2,1-2H3. The van der Waals surface area contributed by atoms with Gasteiger partial charge in [0.2, 0.25) is 0 Å². The fourth-order valence-corrected chi connectivity index (χ4v) is 4.37. The molecule has 2 aromatic carbocycles. The lowest BCUT2D eigenvalue weighted by atomic mass is 10.2. The number of hydrogen-bond acceptors (Lipinski definition) is 6. The predicted molar refractivity (Wildman–Crippen MR) is 122 cm³/mol. The average Bonchev–Trinajstić information content (AvgIpc) is 3.47. The molecule has 0 saturated heterocycles. The second-order valence-electron chi connectivity index (χ2n) is 7.06. The number of aryl methyl sites for hydroxylation is 2. The van der Waals surface area contributed by atoms with E-state index in [4.69, 9.17) is 14.5 Å². The molecule has 2 heterocycles. The third-order valence-corrected chi connectivity index (χ3v) is 6.12. The molecule has 0 N–H and O–H groups in total. The van der Waals surface area contributed by atoms with Crippen LogP contribution in [0.3, 0.4) is 0 Å². The van der Waals surface area contributed by atoms with Crippen LogP contribution >= 0.6 is 11.3 Å². The average molecular weight is 437 g/mol. The highest BCUT2D eigenvalue weighted by Gasteiger charge is 2.22. The third-order valence-electron chi connectivity index (χ3n) is 4.91. The maximum absolute atomic E-state index is 13.1. The summed E-state index contributed by atoms with van der Waals surface area (Å²) in [6, 6.07) is 13.3. The maximum Gasteiger partial charge on any atom is 0.266 e. The van der Waals surface area contributed by atoms with Gasteiger partial charge in [-0.25, -0.2) is 9.97 Å². The lowest BCUT2D eigenvalue weighted by molar-refractivity contribution is -0.120. The number of fused-ring (bicyclic) bond motifs is 1. The summed E-state index contributed by atoms with van der Waals surface area (Å²) in [5, 5.41) is 0.648. The van der Waals surface area contributed by atoms with Crippen molar-refractivity contribution in [2.75, 3.05) is 25.2 Å². The minimum Gasteiger partial charge on any atom is -0.494 e. The summed E-state index contributed by atoms with van der Waals surface area (Å²) in [5.41, 5.74) is 1.88. The van der Waals surface area contributed by atoms with Crippen molar-refractivity contribution in [3.63, 3.8) is 0 Å². The minimum atomic E-state index is -0.134. The van der Waals surface area contributed by atoms with Crippen LogP contribution in [-0.2, 0) is 11.3 Å². The maximum atomic E-state index is 13.1. The second-order valence-corrected chi connectivity index (χ2v) is 8.04. The van der Waals surface area contributed by atoms with E-state index in [0.29, 0.717) is 23.2 Å². The first-order valence-corrected chi connectivity index (χ1v) is 10.9. The molecule has 0 fully saturated rings. The molecule has 4 rings (SSSR count). The Morgan fingerprint density at radius 2 is 2.03 bits per heavy atom. The van der Waals surface area contributed by atoms with Gasteiger partial charge in [0.25, 0.3) is 5.91 Å². The summed E-state index contributed by atoms with van der Waals surface area (Å²) < 4.78 is 14.2. The molecule has 31 heavy (non-hydrogen) atoms. The molecule has 0 bridgehead atoms. The smallest absolute Gasteiger partial charge is 0.266 e. The number of methoxy groups -OCH3 is 1. The summed E-state index contributed by atoms with van der Waals surface area (Å²) in [6.07, 6.45) is 6.20. The second kappa shape index (κ2) is 9.61. The number of carbonyl (C=O) groups excluding carboxylic acids is 1. The molecular weight excluding hydrogens is 412 g/mol. The van der Waals surface area contributed by atoms with Crippen LogP contribution in [0, 0.1) is 6.92 Å². The summed E-state index contributed by atoms with van der Waals surface area (Å²) in [4.78, 5) is 23.7. The molecular formula is C23H24N4O3S. The molecule has 7 nitrogen and oxygen atoms in total. The summed E-state index contributed by atoms with van der Waals surface area (Å²) in [7, 11) is 1.63. The zero-order chi connectivity index (χ0) is 21.6. The van der Waals surface area contributed by atoms with Crippen LogP contribution in [0.5, 0.6) is 11.5 Å². The molecule has 0 aliphatic carbocycles. The molecule has 160 valence electrons. The SMILES string of the molecule is COc1ccc(C)c2sc(N(CCCn3ccnc3)C(=O)COc3ccccc3)nc12. The van der Waals surface area contributed by atoms with E-state index in [9.17, 15) is 4.79 Å². The van der Waals surface area contributed by atoms with Crippen molar-refractivity contribution in [1.29, 1.82) is 0 Å². The lowest BCUT2D eigenvalue weighted by Crippen LogP contribution is -2.36. The molecule has 0 spiro atoms. The van der Waals surface area contributed by atoms with Gasteiger partial charge in [-0.2, -0.15) is 0 Å². The Morgan fingerprint density at radius 3 is 2.77 bits per heavy atom. The normalized spacial score (nSPS) is 10.9. The Bertz CT molecular complexity index is 1140. The monoisotopic (exact) mass is 436 g/mol. The van der Waals surface area contributed by atoms with E-state index in [2.05, 4.69) is 4.98 Å². The van der Waals surface area contributed by atoms with E-state index < -0.39 is 0 Å². The van der Waals surface area contributed by atoms with Crippen molar-refractivity contribution in [1.82, 2.24) is 14.5 Å². The minimum absolute atomic E-state index is 0.0544. The van der Waals surface area contributed by atoms with Crippen LogP contribution < -0.4 is 14.4 Å². The van der Waals surface area contributed by atoms with Crippen molar-refractivity contribution in [3.05, 3.63) is 66.7 Å². The first kappa shape index (κ1) is 20.9. The largest absolute Gasteiger partial charge is 0.494 e. The molecule has 0 aliphatic heterocycles. The summed E-state index contributed by atoms with van der Waals surface area (Å²) >= 11 is 1.50. The van der Waals surface area contributed by atoms with Gasteiger partial charge >= 0.3 is 0 Å². The number of amides is 1. The molecule has 1 amide bonds. The summed E-state index contributed by atoms with van der Waals surface area (Å²) in [5.74, 6) is 1.23. The Hall–Kier alpha value is -3.39. The van der Waals surface area contributed by atoms with E-state index in [1.165, 1.54) is 11.3 Å². The molecule has 8 heteroatoms. The fourth-order valence-electron chi connectivity index (χ4n) is 3.28. The Kier molecular flexibility index (Phi) is 6.47. The Morgan fingerprint density at radius 1 is 1.19 bits per heavy atom. The Balaban J connectivity index is 1.57. The number of hydrogen-bond donors (Lipinski definition) is 0. The van der Waals surface area contributed by atoms with Gasteiger partial charge in [0.15, 0.2) is 11.7 Å². The van der Waals surface area contributed by atoms with Crippen LogP contribution in [0.4, 0.5) is 5.13 Å². The van der Waals surface area contributed by atoms with Crippen molar-refractivity contribution in [3.8, 4) is 11.5 Å². The summed E-state index contributed by atoms with van der Waals surface area (Å²) in [6.45, 7) is 3.27. The van der Waals surface area contributed by atoms with Crippen LogP contribution in [-0.4, -0.2) is 40.7 Å². The molecule has 0 atom stereocenters. The quantitative estimate of drug-likeness (QED) is 0.391. The van der Waals surface area contributed by atoms with Crippen molar-refractivity contribution >= 4 is 32.6 Å². The van der Waals surface area contributed by atoms with Crippen molar-refractivity contribution < 1.29 is 14.3 Å². The van der Waals surface area contributed by atoms with Gasteiger partial charge in [-0.1, -0.05) is 35.6 Å². The van der Waals surface area contributed by atoms with Gasteiger partial charge in [-0.05, 0) is 37.1 Å². The van der Waals surface area contributed by atoms with Crippen LogP contribution in [0.2, 0.25) is 0 Å². The number of aromatic nitrogens is 3. The molecule has 2 aromatic heterocycles. The molecule has 0 unspecified atom stereocenters. The number of imidazole rings is 1. The highest BCUT2D eigenvalue weighted by molar-refractivity contribution is 7.22. The van der Waals surface area contributed by atoms with Gasteiger partial charge in [0, 0.05) is 25.5 Å². The number of benzene rings is 2. The number of para-hydroxylation sites is 1. The van der Waals surface area contributed by atoms with Crippen LogP contribution in [0.15, 0.2) is 61.2 Å². The molecule has 0 saturated carbocycles. The number of thiazole rings is 1. The van der Waals surface area contributed by atoms with Gasteiger partial charge in [-0.15, -0.1) is 0 Å². The van der Waals surface area contributed by atoms with E-state index in [0.717, 1.165) is 28.7 Å². The predicted octanol–water partition coefficient (Wildman–Crippen LogP) is 4.31. The molecule has 4 aromatic rings. The van der Waals surface area contributed by atoms with Crippen LogP contribution in [0.1, 0.15) is 12.0 Å². The van der Waals surface area contributed by atoms with E-state index in [1.54, 1.807) is 24.5 Å².